The first-order valence-corrected chi connectivity index (χ1v) is 10.8. The Morgan fingerprint density at radius 1 is 1.09 bits per heavy atom. The first-order chi connectivity index (χ1) is 15.2. The molecule has 1 aromatic heterocycles. The molecule has 3 aromatic rings. The molecule has 2 N–H and O–H groups in total. The van der Waals surface area contributed by atoms with Crippen molar-refractivity contribution in [3.63, 3.8) is 0 Å². The number of hydrogen-bond donors (Lipinski definition) is 2. The van der Waals surface area contributed by atoms with E-state index in [2.05, 4.69) is 57.9 Å². The van der Waals surface area contributed by atoms with Crippen LogP contribution in [0.1, 0.15) is 19.0 Å². The lowest BCUT2D eigenvalue weighted by Crippen LogP contribution is -2.44. The zero-order valence-electron chi connectivity index (χ0n) is 18.6. The molecule has 0 bridgehead atoms. The number of guanidine groups is 1. The van der Waals surface area contributed by atoms with Crippen molar-refractivity contribution in [3.8, 4) is 11.4 Å². The van der Waals surface area contributed by atoms with E-state index in [-0.39, 0.29) is 24.0 Å². The number of rotatable bonds is 7. The molecule has 1 fully saturated rings. The Morgan fingerprint density at radius 2 is 1.88 bits per heavy atom. The third kappa shape index (κ3) is 6.15. The van der Waals surface area contributed by atoms with Crippen LogP contribution >= 0.6 is 24.0 Å². The normalized spacial score (nSPS) is 15.9. The summed E-state index contributed by atoms with van der Waals surface area (Å²) in [6, 6.07) is 20.8. The molecule has 0 amide bonds. The Balaban J connectivity index is 0.00000289. The largest absolute Gasteiger partial charge is 0.497 e. The number of nitrogens with zero attached hydrogens (tertiary/aromatic N) is 4. The number of para-hydroxylation sites is 1. The molecule has 8 heteroatoms. The monoisotopic (exact) mass is 546 g/mol. The van der Waals surface area contributed by atoms with Gasteiger partial charge in [-0.2, -0.15) is 5.10 Å². The second kappa shape index (κ2) is 11.8. The molecule has 1 aliphatic rings. The van der Waals surface area contributed by atoms with Gasteiger partial charge in [0.05, 0.1) is 25.0 Å². The second-order valence-electron chi connectivity index (χ2n) is 7.56. The highest BCUT2D eigenvalue weighted by atomic mass is 127. The van der Waals surface area contributed by atoms with E-state index in [1.807, 2.05) is 41.2 Å². The van der Waals surface area contributed by atoms with Crippen LogP contribution in [0.4, 0.5) is 5.69 Å². The van der Waals surface area contributed by atoms with Gasteiger partial charge in [0.1, 0.15) is 5.75 Å². The number of aliphatic imine (C=N–C) groups is 1. The zero-order chi connectivity index (χ0) is 21.5. The summed E-state index contributed by atoms with van der Waals surface area (Å²) in [5.74, 6) is 1.67. The molecule has 1 saturated heterocycles. The van der Waals surface area contributed by atoms with Crippen molar-refractivity contribution in [1.29, 1.82) is 0 Å². The molecule has 7 nitrogen and oxygen atoms in total. The van der Waals surface area contributed by atoms with Crippen molar-refractivity contribution in [2.75, 3.05) is 31.6 Å². The molecule has 0 radical (unpaired) electrons. The molecule has 1 atom stereocenters. The smallest absolute Gasteiger partial charge is 0.191 e. The lowest BCUT2D eigenvalue weighted by Gasteiger charge is -2.20. The van der Waals surface area contributed by atoms with Gasteiger partial charge in [0.25, 0.3) is 0 Å². The highest BCUT2D eigenvalue weighted by Gasteiger charge is 2.23. The number of ether oxygens (including phenoxy) is 1. The molecule has 4 rings (SSSR count). The number of hydrogen-bond acceptors (Lipinski definition) is 4. The number of halogens is 1. The quantitative estimate of drug-likeness (QED) is 0.268. The van der Waals surface area contributed by atoms with E-state index in [1.54, 1.807) is 7.11 Å². The van der Waals surface area contributed by atoms with Crippen LogP contribution in [0.25, 0.3) is 5.69 Å². The van der Waals surface area contributed by atoms with Crippen molar-refractivity contribution < 1.29 is 4.74 Å². The van der Waals surface area contributed by atoms with Gasteiger partial charge in [0, 0.05) is 37.6 Å². The maximum Gasteiger partial charge on any atom is 0.191 e. The summed E-state index contributed by atoms with van der Waals surface area (Å²) >= 11 is 0. The second-order valence-corrected chi connectivity index (χ2v) is 7.56. The van der Waals surface area contributed by atoms with Gasteiger partial charge in [-0.15, -0.1) is 24.0 Å². The first kappa shape index (κ1) is 23.9. The van der Waals surface area contributed by atoms with Gasteiger partial charge in [-0.3, -0.25) is 0 Å². The summed E-state index contributed by atoms with van der Waals surface area (Å²) in [4.78, 5) is 7.17. The molecule has 0 aliphatic carbocycles. The lowest BCUT2D eigenvalue weighted by atomic mass is 10.3. The summed E-state index contributed by atoms with van der Waals surface area (Å²) in [5.41, 5.74) is 3.19. The van der Waals surface area contributed by atoms with Crippen LogP contribution in [0, 0.1) is 0 Å². The molecule has 1 unspecified atom stereocenters. The van der Waals surface area contributed by atoms with E-state index in [1.165, 1.54) is 5.69 Å². The van der Waals surface area contributed by atoms with Crippen molar-refractivity contribution in [2.45, 2.75) is 25.9 Å². The lowest BCUT2D eigenvalue weighted by molar-refractivity contribution is 0.414. The van der Waals surface area contributed by atoms with Crippen LogP contribution in [0.3, 0.4) is 0 Å². The van der Waals surface area contributed by atoms with Crippen molar-refractivity contribution in [3.05, 3.63) is 72.6 Å². The Morgan fingerprint density at radius 3 is 2.59 bits per heavy atom. The van der Waals surface area contributed by atoms with Crippen LogP contribution in [-0.4, -0.2) is 48.5 Å². The standard InChI is InChI=1S/C24H30N6O.HI/c1-3-25-24(27-20-13-15-29(18-20)21-7-5-4-6-8-21)26-17-19-14-16-30(28-19)22-9-11-23(31-2)12-10-22;/h4-12,14,16,20H,3,13,15,17-18H2,1-2H3,(H2,25,26,27);1H. The zero-order valence-corrected chi connectivity index (χ0v) is 20.9. The average Bonchev–Trinajstić information content (AvgIpc) is 3.48. The molecular weight excluding hydrogens is 515 g/mol. The van der Waals surface area contributed by atoms with Gasteiger partial charge < -0.3 is 20.3 Å². The summed E-state index contributed by atoms with van der Waals surface area (Å²) in [7, 11) is 1.67. The van der Waals surface area contributed by atoms with E-state index in [0.29, 0.717) is 12.6 Å². The minimum Gasteiger partial charge on any atom is -0.497 e. The number of nitrogens with one attached hydrogen (secondary N) is 2. The van der Waals surface area contributed by atoms with Crippen LogP contribution in [0.5, 0.6) is 5.75 Å². The molecule has 2 aromatic carbocycles. The Labute approximate surface area is 206 Å². The first-order valence-electron chi connectivity index (χ1n) is 10.8. The SMILES string of the molecule is CCNC(=NCc1ccn(-c2ccc(OC)cc2)n1)NC1CCN(c2ccccc2)C1.I. The van der Waals surface area contributed by atoms with Crippen LogP contribution in [-0.2, 0) is 6.54 Å². The number of methoxy groups -OCH3 is 1. The van der Waals surface area contributed by atoms with E-state index in [0.717, 1.165) is 49.1 Å². The van der Waals surface area contributed by atoms with E-state index < -0.39 is 0 Å². The number of benzene rings is 2. The fraction of sp³-hybridized carbons (Fsp3) is 0.333. The summed E-state index contributed by atoms with van der Waals surface area (Å²) in [6.45, 7) is 5.45. The van der Waals surface area contributed by atoms with Crippen LogP contribution in [0.2, 0.25) is 0 Å². The maximum atomic E-state index is 5.22. The van der Waals surface area contributed by atoms with Gasteiger partial charge in [-0.25, -0.2) is 9.67 Å². The fourth-order valence-electron chi connectivity index (χ4n) is 3.75. The number of anilines is 1. The van der Waals surface area contributed by atoms with E-state index >= 15 is 0 Å². The van der Waals surface area contributed by atoms with Crippen molar-refractivity contribution >= 4 is 35.6 Å². The minimum absolute atomic E-state index is 0. The molecule has 32 heavy (non-hydrogen) atoms. The highest BCUT2D eigenvalue weighted by molar-refractivity contribution is 14.0. The number of aromatic nitrogens is 2. The fourth-order valence-corrected chi connectivity index (χ4v) is 3.75. The molecular formula is C24H31IN6O. The van der Waals surface area contributed by atoms with Gasteiger partial charge >= 0.3 is 0 Å². The Hall–Kier alpha value is -2.75. The highest BCUT2D eigenvalue weighted by Crippen LogP contribution is 2.19. The Bertz CT molecular complexity index is 989. The van der Waals surface area contributed by atoms with Gasteiger partial charge in [-0.1, -0.05) is 18.2 Å². The van der Waals surface area contributed by atoms with Crippen LogP contribution in [0.15, 0.2) is 71.9 Å². The average molecular weight is 546 g/mol. The Kier molecular flexibility index (Phi) is 8.78. The summed E-state index contributed by atoms with van der Waals surface area (Å²) < 4.78 is 7.08. The molecule has 170 valence electrons. The van der Waals surface area contributed by atoms with Crippen LogP contribution < -0.4 is 20.3 Å². The minimum atomic E-state index is 0. The van der Waals surface area contributed by atoms with E-state index in [4.69, 9.17) is 9.73 Å². The predicted molar refractivity (Wildman–Crippen MR) is 141 cm³/mol. The van der Waals surface area contributed by atoms with Crippen molar-refractivity contribution in [1.82, 2.24) is 20.4 Å². The molecule has 1 aliphatic heterocycles. The third-order valence-electron chi connectivity index (χ3n) is 5.38. The summed E-state index contributed by atoms with van der Waals surface area (Å²) in [6.07, 6.45) is 3.05. The molecule has 0 saturated carbocycles. The topological polar surface area (TPSA) is 66.7 Å². The third-order valence-corrected chi connectivity index (χ3v) is 5.38. The van der Waals surface area contributed by atoms with Crippen molar-refractivity contribution in [2.24, 2.45) is 4.99 Å². The summed E-state index contributed by atoms with van der Waals surface area (Å²) in [5, 5.41) is 11.6. The van der Waals surface area contributed by atoms with Gasteiger partial charge in [0.15, 0.2) is 5.96 Å². The maximum absolute atomic E-state index is 5.22. The van der Waals surface area contributed by atoms with Gasteiger partial charge in [0.2, 0.25) is 0 Å². The molecule has 0 spiro atoms. The van der Waals surface area contributed by atoms with Gasteiger partial charge in [-0.05, 0) is 55.8 Å². The molecule has 2 heterocycles. The van der Waals surface area contributed by atoms with E-state index in [9.17, 15) is 0 Å². The predicted octanol–water partition coefficient (Wildman–Crippen LogP) is 3.83.